The minimum Gasteiger partial charge on any atom is -0.338 e. The van der Waals surface area contributed by atoms with Crippen LogP contribution in [0.2, 0.25) is 0 Å². The molecule has 2 aromatic carbocycles. The zero-order valence-corrected chi connectivity index (χ0v) is 13.6. The van der Waals surface area contributed by atoms with Gasteiger partial charge in [-0.15, -0.1) is 0 Å². The summed E-state index contributed by atoms with van der Waals surface area (Å²) in [7, 11) is 0. The number of anilines is 4. The molecule has 1 N–H and O–H groups in total. The Morgan fingerprint density at radius 3 is 2.76 bits per heavy atom. The van der Waals surface area contributed by atoms with Crippen LogP contribution in [0, 0.1) is 11.6 Å². The number of hydrogen-bond donors (Lipinski definition) is 1. The van der Waals surface area contributed by atoms with Crippen LogP contribution in [-0.2, 0) is 6.42 Å². The third kappa shape index (κ3) is 2.91. The second-order valence-corrected chi connectivity index (χ2v) is 6.06. The molecule has 1 atom stereocenters. The van der Waals surface area contributed by atoms with E-state index in [0.717, 1.165) is 24.0 Å². The first-order valence-electron chi connectivity index (χ1n) is 8.03. The number of nitrogens with zero attached hydrogens (tertiary/aromatic N) is 3. The van der Waals surface area contributed by atoms with Crippen LogP contribution in [0.15, 0.2) is 54.9 Å². The molecule has 4 rings (SSSR count). The molecule has 1 aliphatic heterocycles. The lowest BCUT2D eigenvalue weighted by Crippen LogP contribution is -2.24. The van der Waals surface area contributed by atoms with E-state index in [4.69, 9.17) is 0 Å². The molecule has 0 amide bonds. The average molecular weight is 338 g/mol. The van der Waals surface area contributed by atoms with Gasteiger partial charge in [-0.05, 0) is 37.1 Å². The van der Waals surface area contributed by atoms with Crippen LogP contribution in [0.25, 0.3) is 0 Å². The van der Waals surface area contributed by atoms with Gasteiger partial charge in [-0.25, -0.2) is 18.7 Å². The van der Waals surface area contributed by atoms with Crippen LogP contribution in [0.1, 0.15) is 12.5 Å². The highest BCUT2D eigenvalue weighted by atomic mass is 19.1. The van der Waals surface area contributed by atoms with Gasteiger partial charge in [-0.1, -0.05) is 18.2 Å². The molecule has 0 bridgehead atoms. The Labute approximate surface area is 144 Å². The van der Waals surface area contributed by atoms with Crippen molar-refractivity contribution in [1.29, 1.82) is 0 Å². The van der Waals surface area contributed by atoms with Crippen molar-refractivity contribution in [3.05, 3.63) is 72.1 Å². The fraction of sp³-hybridized carbons (Fsp3) is 0.158. The Morgan fingerprint density at radius 2 is 1.92 bits per heavy atom. The first-order chi connectivity index (χ1) is 12.1. The number of rotatable bonds is 3. The average Bonchev–Trinajstić information content (AvgIpc) is 2.93. The largest absolute Gasteiger partial charge is 0.338 e. The Balaban J connectivity index is 1.66. The van der Waals surface area contributed by atoms with E-state index in [0.29, 0.717) is 5.82 Å². The standard InChI is InChI=1S/C19H16F2N4/c1-12-8-13-4-2-3-5-17(13)25(12)19-10-18(22-11-23-19)24-16-7-6-14(20)9-15(16)21/h2-7,9-12H,8H2,1H3,(H,22,23,24). The number of hydrogen-bond acceptors (Lipinski definition) is 4. The number of benzene rings is 2. The minimum atomic E-state index is -0.667. The number of para-hydroxylation sites is 1. The molecule has 6 heteroatoms. The molecule has 0 radical (unpaired) electrons. The van der Waals surface area contributed by atoms with E-state index in [1.54, 1.807) is 6.07 Å². The van der Waals surface area contributed by atoms with E-state index in [1.165, 1.54) is 24.0 Å². The van der Waals surface area contributed by atoms with Crippen molar-refractivity contribution in [1.82, 2.24) is 9.97 Å². The molecule has 0 fully saturated rings. The maximum Gasteiger partial charge on any atom is 0.149 e. The summed E-state index contributed by atoms with van der Waals surface area (Å²) in [5, 5.41) is 2.88. The van der Waals surface area contributed by atoms with Crippen LogP contribution >= 0.6 is 0 Å². The predicted molar refractivity (Wildman–Crippen MR) is 93.4 cm³/mol. The lowest BCUT2D eigenvalue weighted by atomic mass is 10.1. The van der Waals surface area contributed by atoms with Crippen molar-refractivity contribution in [2.75, 3.05) is 10.2 Å². The Bertz CT molecular complexity index is 929. The Hall–Kier alpha value is -3.02. The zero-order chi connectivity index (χ0) is 17.4. The smallest absolute Gasteiger partial charge is 0.149 e. The van der Waals surface area contributed by atoms with Gasteiger partial charge in [0.25, 0.3) is 0 Å². The topological polar surface area (TPSA) is 41.0 Å². The fourth-order valence-electron chi connectivity index (χ4n) is 3.19. The molecule has 1 aromatic heterocycles. The highest BCUT2D eigenvalue weighted by Crippen LogP contribution is 2.37. The second-order valence-electron chi connectivity index (χ2n) is 6.06. The number of aromatic nitrogens is 2. The molecule has 126 valence electrons. The highest BCUT2D eigenvalue weighted by Gasteiger charge is 2.27. The van der Waals surface area contributed by atoms with Crippen molar-refractivity contribution in [2.24, 2.45) is 0 Å². The summed E-state index contributed by atoms with van der Waals surface area (Å²) in [5.74, 6) is -0.0986. The third-order valence-electron chi connectivity index (χ3n) is 4.30. The van der Waals surface area contributed by atoms with Gasteiger partial charge < -0.3 is 10.2 Å². The SMILES string of the molecule is CC1Cc2ccccc2N1c1cc(Nc2ccc(F)cc2F)ncn1. The normalized spacial score (nSPS) is 16.0. The number of fused-ring (bicyclic) bond motifs is 1. The predicted octanol–water partition coefficient (Wildman–Crippen LogP) is 4.58. The van der Waals surface area contributed by atoms with Crippen LogP contribution < -0.4 is 10.2 Å². The summed E-state index contributed by atoms with van der Waals surface area (Å²) in [6, 6.07) is 13.6. The van der Waals surface area contributed by atoms with E-state index >= 15 is 0 Å². The van der Waals surface area contributed by atoms with Crippen molar-refractivity contribution in [3.63, 3.8) is 0 Å². The number of halogens is 2. The maximum atomic E-state index is 13.8. The second kappa shape index (κ2) is 6.12. The quantitative estimate of drug-likeness (QED) is 0.759. The van der Waals surface area contributed by atoms with E-state index in [2.05, 4.69) is 39.2 Å². The molecule has 3 aromatic rings. The summed E-state index contributed by atoms with van der Waals surface area (Å²) in [4.78, 5) is 10.7. The summed E-state index contributed by atoms with van der Waals surface area (Å²) in [6.45, 7) is 2.13. The van der Waals surface area contributed by atoms with Crippen molar-refractivity contribution in [2.45, 2.75) is 19.4 Å². The minimum absolute atomic E-state index is 0.168. The van der Waals surface area contributed by atoms with Gasteiger partial charge in [0.1, 0.15) is 29.6 Å². The van der Waals surface area contributed by atoms with Crippen LogP contribution in [-0.4, -0.2) is 16.0 Å². The van der Waals surface area contributed by atoms with E-state index in [-0.39, 0.29) is 11.7 Å². The van der Waals surface area contributed by atoms with E-state index < -0.39 is 11.6 Å². The fourth-order valence-corrected chi connectivity index (χ4v) is 3.19. The van der Waals surface area contributed by atoms with Crippen LogP contribution in [0.3, 0.4) is 0 Å². The van der Waals surface area contributed by atoms with Gasteiger partial charge in [-0.2, -0.15) is 0 Å². The molecule has 0 aliphatic carbocycles. The molecule has 0 saturated heterocycles. The monoisotopic (exact) mass is 338 g/mol. The first-order valence-corrected chi connectivity index (χ1v) is 8.03. The molecule has 1 aliphatic rings. The lowest BCUT2D eigenvalue weighted by Gasteiger charge is -2.24. The summed E-state index contributed by atoms with van der Waals surface area (Å²) in [6.07, 6.45) is 2.38. The molecule has 0 spiro atoms. The Kier molecular flexibility index (Phi) is 3.80. The van der Waals surface area contributed by atoms with Crippen molar-refractivity contribution in [3.8, 4) is 0 Å². The molecular formula is C19H16F2N4. The van der Waals surface area contributed by atoms with Gasteiger partial charge in [0.2, 0.25) is 0 Å². The summed E-state index contributed by atoms with van der Waals surface area (Å²) >= 11 is 0. The van der Waals surface area contributed by atoms with Crippen LogP contribution in [0.5, 0.6) is 0 Å². The molecule has 4 nitrogen and oxygen atoms in total. The molecule has 1 unspecified atom stereocenters. The van der Waals surface area contributed by atoms with Gasteiger partial charge >= 0.3 is 0 Å². The Morgan fingerprint density at radius 1 is 1.08 bits per heavy atom. The third-order valence-corrected chi connectivity index (χ3v) is 4.30. The first kappa shape index (κ1) is 15.5. The van der Waals surface area contributed by atoms with E-state index in [1.807, 2.05) is 12.1 Å². The molecule has 0 saturated carbocycles. The van der Waals surface area contributed by atoms with E-state index in [9.17, 15) is 8.78 Å². The number of nitrogens with one attached hydrogen (secondary N) is 1. The molecular weight excluding hydrogens is 322 g/mol. The maximum absolute atomic E-state index is 13.8. The van der Waals surface area contributed by atoms with Crippen molar-refractivity contribution < 1.29 is 8.78 Å². The summed E-state index contributed by atoms with van der Waals surface area (Å²) < 4.78 is 26.9. The molecule has 2 heterocycles. The van der Waals surface area contributed by atoms with Crippen LogP contribution in [0.4, 0.5) is 31.8 Å². The van der Waals surface area contributed by atoms with Gasteiger partial charge in [-0.3, -0.25) is 0 Å². The van der Waals surface area contributed by atoms with Gasteiger partial charge in [0, 0.05) is 23.9 Å². The molecule has 25 heavy (non-hydrogen) atoms. The van der Waals surface area contributed by atoms with Gasteiger partial charge in [0.15, 0.2) is 0 Å². The van der Waals surface area contributed by atoms with Crippen molar-refractivity contribution >= 4 is 23.0 Å². The lowest BCUT2D eigenvalue weighted by molar-refractivity contribution is 0.586. The van der Waals surface area contributed by atoms with Gasteiger partial charge in [0.05, 0.1) is 5.69 Å². The summed E-state index contributed by atoms with van der Waals surface area (Å²) in [5.41, 5.74) is 2.56. The zero-order valence-electron chi connectivity index (χ0n) is 13.6. The highest BCUT2D eigenvalue weighted by molar-refractivity contribution is 5.71.